The van der Waals surface area contributed by atoms with E-state index in [4.69, 9.17) is 0 Å². The summed E-state index contributed by atoms with van der Waals surface area (Å²) in [5.41, 5.74) is 1.40. The lowest BCUT2D eigenvalue weighted by Crippen LogP contribution is -2.35. The van der Waals surface area contributed by atoms with Gasteiger partial charge in [0.25, 0.3) is 11.7 Å². The standard InChI is InChI=1S/C16H19N3O4S/c1-9-14(10(2)19(3)18-9)15(21)16(22)17-11(8-13(20)23-4)12-6-5-7-24-12/h5-7,11H,8H2,1-4H3,(H,17,22). The number of nitrogens with one attached hydrogen (secondary N) is 1. The van der Waals surface area contributed by atoms with Crippen LogP contribution < -0.4 is 5.32 Å². The number of rotatable bonds is 6. The Morgan fingerprint density at radius 3 is 2.58 bits per heavy atom. The molecule has 0 fully saturated rings. The van der Waals surface area contributed by atoms with E-state index in [2.05, 4.69) is 15.2 Å². The van der Waals surface area contributed by atoms with Gasteiger partial charge in [-0.2, -0.15) is 5.10 Å². The van der Waals surface area contributed by atoms with Crippen LogP contribution in [-0.2, 0) is 21.4 Å². The van der Waals surface area contributed by atoms with Crippen LogP contribution in [0.3, 0.4) is 0 Å². The first-order valence-electron chi connectivity index (χ1n) is 7.30. The van der Waals surface area contributed by atoms with Crippen molar-refractivity contribution < 1.29 is 19.1 Å². The van der Waals surface area contributed by atoms with E-state index in [-0.39, 0.29) is 12.0 Å². The molecule has 7 nitrogen and oxygen atoms in total. The van der Waals surface area contributed by atoms with Gasteiger partial charge in [-0.05, 0) is 25.3 Å². The van der Waals surface area contributed by atoms with Gasteiger partial charge >= 0.3 is 5.97 Å². The summed E-state index contributed by atoms with van der Waals surface area (Å²) in [5, 5.41) is 8.62. The number of carbonyl (C=O) groups is 3. The van der Waals surface area contributed by atoms with E-state index in [1.54, 1.807) is 31.6 Å². The molecule has 1 N–H and O–H groups in total. The van der Waals surface area contributed by atoms with Gasteiger partial charge in [-0.25, -0.2) is 0 Å². The molecule has 1 unspecified atom stereocenters. The van der Waals surface area contributed by atoms with Crippen molar-refractivity contribution >= 4 is 29.0 Å². The molecule has 0 aliphatic heterocycles. The second kappa shape index (κ2) is 7.39. The van der Waals surface area contributed by atoms with Crippen LogP contribution in [0.5, 0.6) is 0 Å². The monoisotopic (exact) mass is 349 g/mol. The topological polar surface area (TPSA) is 90.3 Å². The molecular formula is C16H19N3O4S. The van der Waals surface area contributed by atoms with Crippen molar-refractivity contribution in [3.05, 3.63) is 39.3 Å². The summed E-state index contributed by atoms with van der Waals surface area (Å²) >= 11 is 1.39. The summed E-state index contributed by atoms with van der Waals surface area (Å²) in [4.78, 5) is 37.2. The number of hydrogen-bond acceptors (Lipinski definition) is 6. The number of esters is 1. The Kier molecular flexibility index (Phi) is 5.50. The lowest BCUT2D eigenvalue weighted by molar-refractivity contribution is -0.141. The smallest absolute Gasteiger partial charge is 0.307 e. The SMILES string of the molecule is COC(=O)CC(NC(=O)C(=O)c1c(C)nn(C)c1C)c1cccs1. The van der Waals surface area contributed by atoms with Crippen molar-refractivity contribution in [1.82, 2.24) is 15.1 Å². The summed E-state index contributed by atoms with van der Waals surface area (Å²) in [6.45, 7) is 3.41. The molecule has 0 saturated carbocycles. The number of ether oxygens (including phenoxy) is 1. The minimum atomic E-state index is -0.767. The molecule has 2 rings (SSSR count). The fourth-order valence-electron chi connectivity index (χ4n) is 2.40. The van der Waals surface area contributed by atoms with Crippen molar-refractivity contribution in [3.8, 4) is 0 Å². The predicted octanol–water partition coefficient (Wildman–Crippen LogP) is 1.70. The van der Waals surface area contributed by atoms with Gasteiger partial charge in [0.1, 0.15) is 0 Å². The Morgan fingerprint density at radius 1 is 1.38 bits per heavy atom. The first-order valence-corrected chi connectivity index (χ1v) is 8.18. The van der Waals surface area contributed by atoms with E-state index >= 15 is 0 Å². The van der Waals surface area contributed by atoms with Gasteiger partial charge in [0, 0.05) is 17.6 Å². The van der Waals surface area contributed by atoms with E-state index in [0.29, 0.717) is 11.4 Å². The van der Waals surface area contributed by atoms with E-state index in [1.807, 2.05) is 11.4 Å². The Hall–Kier alpha value is -2.48. The molecular weight excluding hydrogens is 330 g/mol. The summed E-state index contributed by atoms with van der Waals surface area (Å²) in [6.07, 6.45) is -0.0406. The third-order valence-corrected chi connectivity index (χ3v) is 4.72. The summed E-state index contributed by atoms with van der Waals surface area (Å²) < 4.78 is 6.22. The normalized spacial score (nSPS) is 11.8. The molecule has 0 radical (unpaired) electrons. The molecule has 8 heteroatoms. The summed E-state index contributed by atoms with van der Waals surface area (Å²) in [5.74, 6) is -1.89. The van der Waals surface area contributed by atoms with E-state index in [1.165, 1.54) is 18.4 Å². The number of ketones is 1. The molecule has 0 saturated heterocycles. The van der Waals surface area contributed by atoms with Crippen molar-refractivity contribution in [1.29, 1.82) is 0 Å². The highest BCUT2D eigenvalue weighted by Crippen LogP contribution is 2.23. The molecule has 1 amide bonds. The maximum absolute atomic E-state index is 12.5. The third kappa shape index (κ3) is 3.70. The second-order valence-corrected chi connectivity index (χ2v) is 6.30. The highest BCUT2D eigenvalue weighted by molar-refractivity contribution is 7.10. The van der Waals surface area contributed by atoms with E-state index < -0.39 is 23.7 Å². The minimum absolute atomic E-state index is 0.0406. The molecule has 0 spiro atoms. The minimum Gasteiger partial charge on any atom is -0.469 e. The van der Waals surface area contributed by atoms with Crippen LogP contribution in [-0.4, -0.2) is 34.6 Å². The fraction of sp³-hybridized carbons (Fsp3) is 0.375. The number of aromatic nitrogens is 2. The van der Waals surface area contributed by atoms with Gasteiger partial charge in [0.2, 0.25) is 0 Å². The average Bonchev–Trinajstić information content (AvgIpc) is 3.15. The maximum Gasteiger partial charge on any atom is 0.307 e. The first kappa shape index (κ1) is 17.9. The van der Waals surface area contributed by atoms with E-state index in [0.717, 1.165) is 4.88 Å². The van der Waals surface area contributed by atoms with Crippen molar-refractivity contribution in [2.75, 3.05) is 7.11 Å². The molecule has 0 aromatic carbocycles. The van der Waals surface area contributed by atoms with Crippen LogP contribution in [0.1, 0.15) is 39.1 Å². The largest absolute Gasteiger partial charge is 0.469 e. The zero-order valence-electron chi connectivity index (χ0n) is 14.0. The predicted molar refractivity (Wildman–Crippen MR) is 88.8 cm³/mol. The van der Waals surface area contributed by atoms with Crippen molar-refractivity contribution in [2.24, 2.45) is 7.05 Å². The van der Waals surface area contributed by atoms with Crippen LogP contribution >= 0.6 is 11.3 Å². The fourth-order valence-corrected chi connectivity index (χ4v) is 3.18. The third-order valence-electron chi connectivity index (χ3n) is 3.73. The molecule has 0 bridgehead atoms. The highest BCUT2D eigenvalue weighted by atomic mass is 32.1. The van der Waals surface area contributed by atoms with Crippen LogP contribution in [0, 0.1) is 13.8 Å². The molecule has 2 heterocycles. The Balaban J connectivity index is 2.21. The van der Waals surface area contributed by atoms with Crippen LogP contribution in [0.2, 0.25) is 0 Å². The number of methoxy groups -OCH3 is 1. The number of nitrogens with zero attached hydrogens (tertiary/aromatic N) is 2. The molecule has 2 aromatic heterocycles. The highest BCUT2D eigenvalue weighted by Gasteiger charge is 2.27. The van der Waals surface area contributed by atoms with Gasteiger partial charge in [0.15, 0.2) is 0 Å². The van der Waals surface area contributed by atoms with Crippen molar-refractivity contribution in [2.45, 2.75) is 26.3 Å². The molecule has 2 aromatic rings. The van der Waals surface area contributed by atoms with Gasteiger partial charge in [-0.15, -0.1) is 11.3 Å². The Labute approximate surface area is 143 Å². The van der Waals surface area contributed by atoms with Gasteiger partial charge in [0.05, 0.1) is 30.8 Å². The number of thiophene rings is 1. The number of amides is 1. The number of hydrogen-bond donors (Lipinski definition) is 1. The van der Waals surface area contributed by atoms with Crippen molar-refractivity contribution in [3.63, 3.8) is 0 Å². The molecule has 1 atom stereocenters. The van der Waals surface area contributed by atoms with E-state index in [9.17, 15) is 14.4 Å². The molecule has 24 heavy (non-hydrogen) atoms. The van der Waals surface area contributed by atoms with Crippen LogP contribution in [0.15, 0.2) is 17.5 Å². The van der Waals surface area contributed by atoms with Crippen LogP contribution in [0.25, 0.3) is 0 Å². The maximum atomic E-state index is 12.5. The average molecular weight is 349 g/mol. The molecule has 0 aliphatic carbocycles. The Bertz CT molecular complexity index is 765. The first-order chi connectivity index (χ1) is 11.3. The zero-order valence-corrected chi connectivity index (χ0v) is 14.8. The molecule has 0 aliphatic rings. The lowest BCUT2D eigenvalue weighted by atomic mass is 10.1. The Morgan fingerprint density at radius 2 is 2.08 bits per heavy atom. The van der Waals surface area contributed by atoms with Gasteiger partial charge in [-0.3, -0.25) is 19.1 Å². The molecule has 128 valence electrons. The number of carbonyl (C=O) groups excluding carboxylic acids is 3. The van der Waals surface area contributed by atoms with Gasteiger partial charge in [-0.1, -0.05) is 6.07 Å². The summed E-state index contributed by atoms with van der Waals surface area (Å²) in [6, 6.07) is 3.00. The quantitative estimate of drug-likeness (QED) is 0.487. The second-order valence-electron chi connectivity index (χ2n) is 5.32. The summed E-state index contributed by atoms with van der Waals surface area (Å²) in [7, 11) is 2.99. The van der Waals surface area contributed by atoms with Gasteiger partial charge < -0.3 is 10.1 Å². The zero-order chi connectivity index (χ0) is 17.9. The number of aryl methyl sites for hydroxylation is 2. The lowest BCUT2D eigenvalue weighted by Gasteiger charge is -2.16. The number of Topliss-reactive ketones (excluding diaryl/α,β-unsaturated/α-hetero) is 1. The van der Waals surface area contributed by atoms with Crippen LogP contribution in [0.4, 0.5) is 0 Å².